The zero-order chi connectivity index (χ0) is 15.7. The van der Waals surface area contributed by atoms with Crippen molar-refractivity contribution in [2.75, 3.05) is 0 Å². The quantitative estimate of drug-likeness (QED) is 0.838. The highest BCUT2D eigenvalue weighted by Gasteiger charge is 2.33. The Bertz CT molecular complexity index is 696. The highest BCUT2D eigenvalue weighted by molar-refractivity contribution is 5.94. The lowest BCUT2D eigenvalue weighted by Crippen LogP contribution is -2.32. The molecule has 0 N–H and O–H groups in total. The molecule has 22 heavy (non-hydrogen) atoms. The van der Waals surface area contributed by atoms with E-state index < -0.39 is 11.6 Å². The molecule has 2 aromatic carbocycles. The molecular formula is C17H14F3NO. The van der Waals surface area contributed by atoms with Crippen LogP contribution in [-0.4, -0.2) is 16.8 Å². The van der Waals surface area contributed by atoms with Crippen molar-refractivity contribution >= 4 is 5.91 Å². The molecule has 114 valence electrons. The van der Waals surface area contributed by atoms with Gasteiger partial charge in [-0.1, -0.05) is 12.1 Å². The maximum absolute atomic E-state index is 13.3. The van der Waals surface area contributed by atoms with Gasteiger partial charge in [-0.15, -0.1) is 0 Å². The Morgan fingerprint density at radius 3 is 2.27 bits per heavy atom. The van der Waals surface area contributed by atoms with Crippen LogP contribution >= 0.6 is 0 Å². The van der Waals surface area contributed by atoms with Crippen LogP contribution in [0.1, 0.15) is 28.8 Å². The molecule has 0 spiro atoms. The fourth-order valence-corrected chi connectivity index (χ4v) is 2.33. The van der Waals surface area contributed by atoms with Crippen LogP contribution in [0.5, 0.6) is 0 Å². The summed E-state index contributed by atoms with van der Waals surface area (Å²) in [6, 6.07) is 9.15. The normalized spacial score (nSPS) is 14.0. The van der Waals surface area contributed by atoms with Gasteiger partial charge in [0.05, 0.1) is 0 Å². The van der Waals surface area contributed by atoms with E-state index in [2.05, 4.69) is 0 Å². The van der Waals surface area contributed by atoms with E-state index in [-0.39, 0.29) is 23.3 Å². The molecule has 3 rings (SSSR count). The van der Waals surface area contributed by atoms with Crippen LogP contribution in [0, 0.1) is 17.5 Å². The summed E-state index contributed by atoms with van der Waals surface area (Å²) in [5, 5.41) is 0. The van der Waals surface area contributed by atoms with Crippen molar-refractivity contribution in [3.63, 3.8) is 0 Å². The maximum atomic E-state index is 13.3. The molecule has 0 aliphatic heterocycles. The number of rotatable bonds is 4. The molecular weight excluding hydrogens is 291 g/mol. The number of hydrogen-bond acceptors (Lipinski definition) is 1. The van der Waals surface area contributed by atoms with E-state index >= 15 is 0 Å². The molecule has 0 radical (unpaired) electrons. The van der Waals surface area contributed by atoms with E-state index in [9.17, 15) is 18.0 Å². The van der Waals surface area contributed by atoms with Crippen molar-refractivity contribution in [1.82, 2.24) is 4.90 Å². The first-order valence-electron chi connectivity index (χ1n) is 7.05. The second-order valence-electron chi connectivity index (χ2n) is 5.42. The van der Waals surface area contributed by atoms with Crippen molar-refractivity contribution in [3.8, 4) is 0 Å². The van der Waals surface area contributed by atoms with Crippen molar-refractivity contribution in [1.29, 1.82) is 0 Å². The molecule has 2 aromatic rings. The second-order valence-corrected chi connectivity index (χ2v) is 5.42. The summed E-state index contributed by atoms with van der Waals surface area (Å²) in [5.41, 5.74) is 0.914. The Morgan fingerprint density at radius 1 is 1.00 bits per heavy atom. The van der Waals surface area contributed by atoms with Crippen molar-refractivity contribution in [2.24, 2.45) is 0 Å². The summed E-state index contributed by atoms with van der Waals surface area (Å²) in [6.45, 7) is 0.322. The van der Waals surface area contributed by atoms with Crippen molar-refractivity contribution in [2.45, 2.75) is 25.4 Å². The van der Waals surface area contributed by atoms with Gasteiger partial charge in [0.15, 0.2) is 11.6 Å². The molecule has 1 aliphatic rings. The van der Waals surface area contributed by atoms with Gasteiger partial charge in [0.25, 0.3) is 5.91 Å². The number of hydrogen-bond donors (Lipinski definition) is 0. The molecule has 0 heterocycles. The average molecular weight is 305 g/mol. The minimum Gasteiger partial charge on any atom is -0.331 e. The number of amides is 1. The molecule has 1 aliphatic carbocycles. The predicted molar refractivity (Wildman–Crippen MR) is 75.7 cm³/mol. The lowest BCUT2D eigenvalue weighted by atomic mass is 10.1. The minimum atomic E-state index is -1.04. The van der Waals surface area contributed by atoms with Gasteiger partial charge in [-0.3, -0.25) is 4.79 Å². The van der Waals surface area contributed by atoms with Gasteiger partial charge >= 0.3 is 0 Å². The first kappa shape index (κ1) is 14.6. The Balaban J connectivity index is 1.82. The van der Waals surface area contributed by atoms with E-state index in [4.69, 9.17) is 0 Å². The fourth-order valence-electron chi connectivity index (χ4n) is 2.33. The van der Waals surface area contributed by atoms with Gasteiger partial charge in [0.1, 0.15) is 5.82 Å². The molecule has 0 aromatic heterocycles. The Labute approximate surface area is 126 Å². The lowest BCUT2D eigenvalue weighted by molar-refractivity contribution is 0.0729. The smallest absolute Gasteiger partial charge is 0.254 e. The first-order chi connectivity index (χ1) is 10.5. The molecule has 0 bridgehead atoms. The molecule has 0 atom stereocenters. The minimum absolute atomic E-state index is 0.102. The number of nitrogens with zero attached hydrogens (tertiary/aromatic N) is 1. The molecule has 0 saturated heterocycles. The van der Waals surface area contributed by atoms with E-state index in [1.807, 2.05) is 0 Å². The van der Waals surface area contributed by atoms with E-state index in [1.54, 1.807) is 17.0 Å². The Hall–Kier alpha value is -2.30. The van der Waals surface area contributed by atoms with Crippen LogP contribution in [-0.2, 0) is 6.54 Å². The molecule has 1 saturated carbocycles. The third kappa shape index (κ3) is 3.13. The lowest BCUT2D eigenvalue weighted by Gasteiger charge is -2.22. The van der Waals surface area contributed by atoms with Crippen LogP contribution in [0.3, 0.4) is 0 Å². The molecule has 1 fully saturated rings. The third-order valence-corrected chi connectivity index (χ3v) is 3.68. The van der Waals surface area contributed by atoms with Gasteiger partial charge in [-0.25, -0.2) is 13.2 Å². The van der Waals surface area contributed by atoms with E-state index in [0.29, 0.717) is 6.54 Å². The summed E-state index contributed by atoms with van der Waals surface area (Å²) in [6.07, 6.45) is 1.77. The first-order valence-corrected chi connectivity index (χ1v) is 7.05. The average Bonchev–Trinajstić information content (AvgIpc) is 3.33. The third-order valence-electron chi connectivity index (χ3n) is 3.68. The molecule has 0 unspecified atom stereocenters. The maximum Gasteiger partial charge on any atom is 0.254 e. The van der Waals surface area contributed by atoms with Gasteiger partial charge in [-0.2, -0.15) is 0 Å². The largest absolute Gasteiger partial charge is 0.331 e. The van der Waals surface area contributed by atoms with E-state index in [0.717, 1.165) is 30.5 Å². The monoisotopic (exact) mass is 305 g/mol. The number of halogens is 3. The SMILES string of the molecule is O=C(c1ccc(F)c(F)c1)N(Cc1ccc(F)cc1)C1CC1. The zero-order valence-corrected chi connectivity index (χ0v) is 11.7. The van der Waals surface area contributed by atoms with Crippen LogP contribution in [0.2, 0.25) is 0 Å². The summed E-state index contributed by atoms with van der Waals surface area (Å²) in [4.78, 5) is 14.1. The molecule has 2 nitrogen and oxygen atoms in total. The topological polar surface area (TPSA) is 20.3 Å². The van der Waals surface area contributed by atoms with Crippen LogP contribution in [0.4, 0.5) is 13.2 Å². The number of benzene rings is 2. The highest BCUT2D eigenvalue weighted by Crippen LogP contribution is 2.30. The van der Waals surface area contributed by atoms with Gasteiger partial charge in [0, 0.05) is 18.2 Å². The van der Waals surface area contributed by atoms with Crippen molar-refractivity contribution in [3.05, 3.63) is 71.0 Å². The van der Waals surface area contributed by atoms with Gasteiger partial charge < -0.3 is 4.90 Å². The number of carbonyl (C=O) groups is 1. The summed E-state index contributed by atoms with van der Waals surface area (Å²) < 4.78 is 39.2. The Morgan fingerprint density at radius 2 is 1.68 bits per heavy atom. The molecule has 5 heteroatoms. The summed E-state index contributed by atoms with van der Waals surface area (Å²) in [5.74, 6) is -2.70. The van der Waals surface area contributed by atoms with E-state index in [1.165, 1.54) is 18.2 Å². The zero-order valence-electron chi connectivity index (χ0n) is 11.7. The fraction of sp³-hybridized carbons (Fsp3) is 0.235. The van der Waals surface area contributed by atoms with Gasteiger partial charge in [0.2, 0.25) is 0 Å². The predicted octanol–water partition coefficient (Wildman–Crippen LogP) is 3.91. The number of carbonyl (C=O) groups excluding carboxylic acids is 1. The van der Waals surface area contributed by atoms with Crippen molar-refractivity contribution < 1.29 is 18.0 Å². The molecule has 1 amide bonds. The summed E-state index contributed by atoms with van der Waals surface area (Å²) >= 11 is 0. The van der Waals surface area contributed by atoms with Gasteiger partial charge in [-0.05, 0) is 48.7 Å². The Kier molecular flexibility index (Phi) is 3.88. The highest BCUT2D eigenvalue weighted by atomic mass is 19.2. The van der Waals surface area contributed by atoms with Crippen LogP contribution in [0.25, 0.3) is 0 Å². The standard InChI is InChI=1S/C17H14F3NO/c18-13-4-1-11(2-5-13)10-21(14-6-7-14)17(22)12-3-8-15(19)16(20)9-12/h1-5,8-9,14H,6-7,10H2. The second kappa shape index (κ2) is 5.83. The van der Waals surface area contributed by atoms with Crippen LogP contribution < -0.4 is 0 Å². The van der Waals surface area contributed by atoms with Crippen LogP contribution in [0.15, 0.2) is 42.5 Å². The summed E-state index contributed by atoms with van der Waals surface area (Å²) in [7, 11) is 0.